The van der Waals surface area contributed by atoms with Crippen LogP contribution in [-0.4, -0.2) is 36.1 Å². The summed E-state index contributed by atoms with van der Waals surface area (Å²) in [6.45, 7) is 3.41. The second kappa shape index (κ2) is 11.9. The number of para-hydroxylation sites is 2. The van der Waals surface area contributed by atoms with E-state index in [9.17, 15) is 4.79 Å². The zero-order chi connectivity index (χ0) is 24.6. The molecule has 0 aliphatic rings. The van der Waals surface area contributed by atoms with Gasteiger partial charge in [0.2, 0.25) is 0 Å². The van der Waals surface area contributed by atoms with Gasteiger partial charge >= 0.3 is 0 Å². The number of aromatic nitrogens is 2. The second-order valence-electron chi connectivity index (χ2n) is 8.28. The molecule has 8 heteroatoms. The maximum atomic E-state index is 12.3. The standard InChI is InChI=1S/C27H29BrN4O3/c1-18-9-11-20(12-10-18)30-27(33)17-35-25-15-21(28)19(14-24(25)34-2)16-29-13-5-8-26-31-22-6-3-4-7-23(22)32-26/h3-4,6-7,9-12,14-15,29H,5,8,13,16-17H2,1-2H3,(H,30,33)(H,31,32). The third-order valence-corrected chi connectivity index (χ3v) is 6.29. The lowest BCUT2D eigenvalue weighted by Gasteiger charge is -2.14. The summed E-state index contributed by atoms with van der Waals surface area (Å²) in [5.74, 6) is 1.86. The van der Waals surface area contributed by atoms with E-state index in [1.54, 1.807) is 7.11 Å². The molecule has 3 aromatic carbocycles. The van der Waals surface area contributed by atoms with Gasteiger partial charge in [-0.3, -0.25) is 4.79 Å². The number of nitrogens with zero attached hydrogens (tertiary/aromatic N) is 1. The number of imidazole rings is 1. The first-order valence-corrected chi connectivity index (χ1v) is 12.3. The number of benzene rings is 3. The molecular formula is C27H29BrN4O3. The molecule has 3 N–H and O–H groups in total. The van der Waals surface area contributed by atoms with Crippen molar-refractivity contribution in [2.45, 2.75) is 26.3 Å². The van der Waals surface area contributed by atoms with Crippen LogP contribution in [0, 0.1) is 6.92 Å². The predicted molar refractivity (Wildman–Crippen MR) is 142 cm³/mol. The Bertz CT molecular complexity index is 1250. The first-order chi connectivity index (χ1) is 17.0. The van der Waals surface area contributed by atoms with Crippen LogP contribution in [0.2, 0.25) is 0 Å². The van der Waals surface area contributed by atoms with Crippen molar-refractivity contribution in [2.24, 2.45) is 0 Å². The van der Waals surface area contributed by atoms with Crippen molar-refractivity contribution in [3.63, 3.8) is 0 Å². The minimum absolute atomic E-state index is 0.115. The molecule has 4 aromatic rings. The Morgan fingerprint density at radius 1 is 1.09 bits per heavy atom. The molecule has 0 unspecified atom stereocenters. The number of rotatable bonds is 11. The summed E-state index contributed by atoms with van der Waals surface area (Å²) >= 11 is 3.61. The van der Waals surface area contributed by atoms with Gasteiger partial charge in [0.15, 0.2) is 18.1 Å². The molecule has 182 valence electrons. The molecule has 1 heterocycles. The third kappa shape index (κ3) is 6.83. The molecule has 0 atom stereocenters. The Kier molecular flexibility index (Phi) is 8.39. The van der Waals surface area contributed by atoms with Crippen LogP contribution >= 0.6 is 15.9 Å². The van der Waals surface area contributed by atoms with Gasteiger partial charge in [0.05, 0.1) is 18.1 Å². The SMILES string of the molecule is COc1cc(CNCCCc2nc3ccccc3[nH]2)c(Br)cc1OCC(=O)Nc1ccc(C)cc1. The smallest absolute Gasteiger partial charge is 0.262 e. The Labute approximate surface area is 213 Å². The molecule has 0 bridgehead atoms. The van der Waals surface area contributed by atoms with Gasteiger partial charge in [0.1, 0.15) is 5.82 Å². The highest BCUT2D eigenvalue weighted by molar-refractivity contribution is 9.10. The number of halogens is 1. The fraction of sp³-hybridized carbons (Fsp3) is 0.259. The lowest BCUT2D eigenvalue weighted by molar-refractivity contribution is -0.118. The molecule has 0 saturated carbocycles. The molecule has 0 spiro atoms. The number of anilines is 1. The molecule has 1 amide bonds. The van der Waals surface area contributed by atoms with Crippen molar-refractivity contribution < 1.29 is 14.3 Å². The maximum Gasteiger partial charge on any atom is 0.262 e. The Balaban J connectivity index is 1.25. The van der Waals surface area contributed by atoms with E-state index >= 15 is 0 Å². The summed E-state index contributed by atoms with van der Waals surface area (Å²) in [6, 6.07) is 19.4. The summed E-state index contributed by atoms with van der Waals surface area (Å²) in [6.07, 6.45) is 1.84. The van der Waals surface area contributed by atoms with Gasteiger partial charge in [-0.05, 0) is 61.9 Å². The minimum atomic E-state index is -0.234. The van der Waals surface area contributed by atoms with E-state index in [0.29, 0.717) is 18.0 Å². The van der Waals surface area contributed by atoms with Crippen molar-refractivity contribution in [3.05, 3.63) is 82.1 Å². The van der Waals surface area contributed by atoms with Crippen LogP contribution in [-0.2, 0) is 17.8 Å². The molecule has 35 heavy (non-hydrogen) atoms. The maximum absolute atomic E-state index is 12.3. The van der Waals surface area contributed by atoms with Gasteiger partial charge < -0.3 is 25.1 Å². The first-order valence-electron chi connectivity index (χ1n) is 11.5. The zero-order valence-electron chi connectivity index (χ0n) is 19.9. The molecule has 0 saturated heterocycles. The highest BCUT2D eigenvalue weighted by Gasteiger charge is 2.12. The lowest BCUT2D eigenvalue weighted by Crippen LogP contribution is -2.20. The molecule has 0 aliphatic carbocycles. The highest BCUT2D eigenvalue weighted by Crippen LogP contribution is 2.33. The van der Waals surface area contributed by atoms with E-state index in [2.05, 4.69) is 36.5 Å². The lowest BCUT2D eigenvalue weighted by atomic mass is 10.2. The Hall–Kier alpha value is -3.36. The molecular weight excluding hydrogens is 508 g/mol. The summed E-state index contributed by atoms with van der Waals surface area (Å²) in [4.78, 5) is 20.3. The summed E-state index contributed by atoms with van der Waals surface area (Å²) < 4.78 is 12.1. The first kappa shape index (κ1) is 24.8. The van der Waals surface area contributed by atoms with Crippen molar-refractivity contribution in [3.8, 4) is 11.5 Å². The number of H-pyrrole nitrogens is 1. The molecule has 0 aliphatic heterocycles. The molecule has 7 nitrogen and oxygen atoms in total. The minimum Gasteiger partial charge on any atom is -0.493 e. The number of hydrogen-bond acceptors (Lipinski definition) is 5. The zero-order valence-corrected chi connectivity index (χ0v) is 21.4. The van der Waals surface area contributed by atoms with Gasteiger partial charge in [-0.25, -0.2) is 4.98 Å². The quantitative estimate of drug-likeness (QED) is 0.224. The number of methoxy groups -OCH3 is 1. The largest absolute Gasteiger partial charge is 0.493 e. The molecule has 0 radical (unpaired) electrons. The molecule has 1 aromatic heterocycles. The van der Waals surface area contributed by atoms with Crippen LogP contribution in [0.4, 0.5) is 5.69 Å². The molecule has 4 rings (SSSR count). The number of aromatic amines is 1. The summed E-state index contributed by atoms with van der Waals surface area (Å²) in [7, 11) is 1.59. The number of carbonyl (C=O) groups excluding carboxylic acids is 1. The van der Waals surface area contributed by atoms with E-state index in [-0.39, 0.29) is 12.5 Å². The summed E-state index contributed by atoms with van der Waals surface area (Å²) in [5, 5.41) is 6.30. The van der Waals surface area contributed by atoms with Crippen LogP contribution in [0.15, 0.2) is 65.1 Å². The highest BCUT2D eigenvalue weighted by atomic mass is 79.9. The van der Waals surface area contributed by atoms with Crippen LogP contribution in [0.1, 0.15) is 23.4 Å². The number of amides is 1. The van der Waals surface area contributed by atoms with E-state index in [0.717, 1.165) is 57.5 Å². The average molecular weight is 537 g/mol. The van der Waals surface area contributed by atoms with Crippen LogP contribution in [0.25, 0.3) is 11.0 Å². The second-order valence-corrected chi connectivity index (χ2v) is 9.13. The van der Waals surface area contributed by atoms with Crippen molar-refractivity contribution in [2.75, 3.05) is 25.6 Å². The number of carbonyl (C=O) groups is 1. The van der Waals surface area contributed by atoms with Gasteiger partial charge in [-0.15, -0.1) is 0 Å². The predicted octanol–water partition coefficient (Wildman–Crippen LogP) is 5.38. The van der Waals surface area contributed by atoms with Gasteiger partial charge in [-0.2, -0.15) is 0 Å². The van der Waals surface area contributed by atoms with E-state index in [1.807, 2.05) is 67.6 Å². The average Bonchev–Trinajstić information content (AvgIpc) is 3.28. The monoisotopic (exact) mass is 536 g/mol. The van der Waals surface area contributed by atoms with Crippen LogP contribution < -0.4 is 20.1 Å². The van der Waals surface area contributed by atoms with Crippen LogP contribution in [0.5, 0.6) is 11.5 Å². The Morgan fingerprint density at radius 2 is 1.89 bits per heavy atom. The number of hydrogen-bond donors (Lipinski definition) is 3. The van der Waals surface area contributed by atoms with E-state index in [4.69, 9.17) is 9.47 Å². The van der Waals surface area contributed by atoms with Crippen molar-refractivity contribution >= 4 is 38.6 Å². The Morgan fingerprint density at radius 3 is 2.66 bits per heavy atom. The topological polar surface area (TPSA) is 88.3 Å². The van der Waals surface area contributed by atoms with Gasteiger partial charge in [0.25, 0.3) is 5.91 Å². The number of ether oxygens (including phenoxy) is 2. The van der Waals surface area contributed by atoms with Gasteiger partial charge in [0, 0.05) is 23.1 Å². The van der Waals surface area contributed by atoms with Crippen LogP contribution in [0.3, 0.4) is 0 Å². The van der Waals surface area contributed by atoms with E-state index < -0.39 is 0 Å². The van der Waals surface area contributed by atoms with Crippen molar-refractivity contribution in [1.29, 1.82) is 0 Å². The fourth-order valence-electron chi connectivity index (χ4n) is 3.69. The number of fused-ring (bicyclic) bond motifs is 1. The summed E-state index contributed by atoms with van der Waals surface area (Å²) in [5.41, 5.74) is 4.98. The normalized spacial score (nSPS) is 10.9. The van der Waals surface area contributed by atoms with Gasteiger partial charge in [-0.1, -0.05) is 45.8 Å². The molecule has 0 fully saturated rings. The fourth-order valence-corrected chi connectivity index (χ4v) is 4.15. The third-order valence-electron chi connectivity index (χ3n) is 5.55. The number of nitrogens with one attached hydrogen (secondary N) is 3. The van der Waals surface area contributed by atoms with Crippen molar-refractivity contribution in [1.82, 2.24) is 15.3 Å². The number of aryl methyl sites for hydroxylation is 2. The van der Waals surface area contributed by atoms with E-state index in [1.165, 1.54) is 0 Å².